The molecule has 122 valence electrons. The fourth-order valence-electron chi connectivity index (χ4n) is 3.25. The molecular weight excluding hydrogens is 272 g/mol. The fraction of sp³-hybridized carbons (Fsp3) is 0.632. The second kappa shape index (κ2) is 9.62. The van der Waals surface area contributed by atoms with E-state index < -0.39 is 0 Å². The molecule has 2 rings (SSSR count). The number of benzene rings is 1. The Hall–Kier alpha value is -1.35. The molecule has 0 heterocycles. The number of hydrogen-bond acceptors (Lipinski definition) is 2. The molecule has 1 aromatic carbocycles. The van der Waals surface area contributed by atoms with Gasteiger partial charge in [-0.15, -0.1) is 0 Å². The molecule has 0 radical (unpaired) electrons. The van der Waals surface area contributed by atoms with Gasteiger partial charge in [-0.1, -0.05) is 49.6 Å². The molecule has 1 aliphatic carbocycles. The van der Waals surface area contributed by atoms with E-state index in [2.05, 4.69) is 29.4 Å². The van der Waals surface area contributed by atoms with Crippen molar-refractivity contribution in [2.45, 2.75) is 57.4 Å². The highest BCUT2D eigenvalue weighted by molar-refractivity contribution is 5.76. The Kier molecular flexibility index (Phi) is 7.44. The third-order valence-electron chi connectivity index (χ3n) is 4.69. The molecule has 0 aliphatic heterocycles. The summed E-state index contributed by atoms with van der Waals surface area (Å²) in [6.45, 7) is 1.88. The third kappa shape index (κ3) is 6.18. The lowest BCUT2D eigenvalue weighted by Gasteiger charge is -2.31. The summed E-state index contributed by atoms with van der Waals surface area (Å²) in [5.41, 5.74) is 1.23. The van der Waals surface area contributed by atoms with Crippen LogP contribution in [0.3, 0.4) is 0 Å². The summed E-state index contributed by atoms with van der Waals surface area (Å²) >= 11 is 0. The molecule has 0 unspecified atom stereocenters. The van der Waals surface area contributed by atoms with Crippen LogP contribution in [0.2, 0.25) is 0 Å². The predicted molar refractivity (Wildman–Crippen MR) is 91.9 cm³/mol. The van der Waals surface area contributed by atoms with Gasteiger partial charge in [-0.2, -0.15) is 0 Å². The van der Waals surface area contributed by atoms with Crippen LogP contribution in [-0.2, 0) is 11.2 Å². The van der Waals surface area contributed by atoms with Crippen LogP contribution in [0, 0.1) is 0 Å². The number of nitrogens with one attached hydrogen (secondary N) is 1. The van der Waals surface area contributed by atoms with Crippen molar-refractivity contribution in [2.24, 2.45) is 0 Å². The van der Waals surface area contributed by atoms with Crippen LogP contribution in [0.1, 0.15) is 50.5 Å². The normalized spacial score (nSPS) is 15.9. The molecule has 1 amide bonds. The lowest BCUT2D eigenvalue weighted by molar-refractivity contribution is -0.121. The fourth-order valence-corrected chi connectivity index (χ4v) is 3.25. The predicted octanol–water partition coefficient (Wildman–Crippen LogP) is 3.39. The van der Waals surface area contributed by atoms with Gasteiger partial charge in [0, 0.05) is 19.0 Å². The first-order valence-electron chi connectivity index (χ1n) is 8.76. The van der Waals surface area contributed by atoms with Crippen LogP contribution in [-0.4, -0.2) is 37.0 Å². The zero-order valence-electron chi connectivity index (χ0n) is 13.9. The monoisotopic (exact) mass is 302 g/mol. The van der Waals surface area contributed by atoms with E-state index in [0.29, 0.717) is 6.42 Å². The van der Waals surface area contributed by atoms with Crippen LogP contribution in [0.15, 0.2) is 30.3 Å². The lowest BCUT2D eigenvalue weighted by Crippen LogP contribution is -2.35. The van der Waals surface area contributed by atoms with Crippen LogP contribution < -0.4 is 5.32 Å². The Morgan fingerprint density at radius 2 is 1.91 bits per heavy atom. The molecule has 0 aromatic heterocycles. The summed E-state index contributed by atoms with van der Waals surface area (Å²) in [5, 5.41) is 3.05. The molecular formula is C19H30N2O. The summed E-state index contributed by atoms with van der Waals surface area (Å²) < 4.78 is 0. The number of rotatable bonds is 8. The molecule has 1 fully saturated rings. The summed E-state index contributed by atoms with van der Waals surface area (Å²) in [7, 11) is 2.23. The van der Waals surface area contributed by atoms with Crippen molar-refractivity contribution in [3.63, 3.8) is 0 Å². The first-order chi connectivity index (χ1) is 10.8. The SMILES string of the molecule is CN(CCCNC(=O)CCc1ccccc1)C1CCCCC1. The lowest BCUT2D eigenvalue weighted by atomic mass is 9.94. The van der Waals surface area contributed by atoms with Crippen LogP contribution in [0.5, 0.6) is 0 Å². The van der Waals surface area contributed by atoms with Gasteiger partial charge in [0.1, 0.15) is 0 Å². The Bertz CT molecular complexity index is 426. The molecule has 0 bridgehead atoms. The summed E-state index contributed by atoms with van der Waals surface area (Å²) in [6.07, 6.45) is 9.32. The van der Waals surface area contributed by atoms with Crippen LogP contribution in [0.25, 0.3) is 0 Å². The first kappa shape index (κ1) is 17.0. The Morgan fingerprint density at radius 3 is 2.64 bits per heavy atom. The van der Waals surface area contributed by atoms with Gasteiger partial charge in [-0.25, -0.2) is 0 Å². The van der Waals surface area contributed by atoms with Crippen LogP contribution in [0.4, 0.5) is 0 Å². The van der Waals surface area contributed by atoms with Crippen molar-refractivity contribution in [1.29, 1.82) is 0 Å². The number of aryl methyl sites for hydroxylation is 1. The Labute approximate surface area is 135 Å². The van der Waals surface area contributed by atoms with E-state index in [0.717, 1.165) is 32.0 Å². The highest BCUT2D eigenvalue weighted by atomic mass is 16.1. The van der Waals surface area contributed by atoms with Gasteiger partial charge in [0.25, 0.3) is 0 Å². The number of carbonyl (C=O) groups excluding carboxylic acids is 1. The van der Waals surface area contributed by atoms with Crippen molar-refractivity contribution < 1.29 is 4.79 Å². The minimum Gasteiger partial charge on any atom is -0.356 e. The van der Waals surface area contributed by atoms with Crippen molar-refractivity contribution in [2.75, 3.05) is 20.1 Å². The Morgan fingerprint density at radius 1 is 1.18 bits per heavy atom. The average molecular weight is 302 g/mol. The molecule has 1 aromatic rings. The molecule has 1 saturated carbocycles. The number of nitrogens with zero attached hydrogens (tertiary/aromatic N) is 1. The van der Waals surface area contributed by atoms with Gasteiger partial charge in [-0.3, -0.25) is 4.79 Å². The van der Waals surface area contributed by atoms with Crippen LogP contribution >= 0.6 is 0 Å². The molecule has 0 saturated heterocycles. The summed E-state index contributed by atoms with van der Waals surface area (Å²) in [4.78, 5) is 14.3. The Balaban J connectivity index is 1.53. The van der Waals surface area contributed by atoms with Gasteiger partial charge in [0.15, 0.2) is 0 Å². The molecule has 3 nitrogen and oxygen atoms in total. The second-order valence-corrected chi connectivity index (χ2v) is 6.46. The third-order valence-corrected chi connectivity index (χ3v) is 4.69. The smallest absolute Gasteiger partial charge is 0.220 e. The van der Waals surface area contributed by atoms with Gasteiger partial charge in [-0.05, 0) is 44.8 Å². The minimum absolute atomic E-state index is 0.171. The van der Waals surface area contributed by atoms with E-state index in [1.54, 1.807) is 0 Å². The van der Waals surface area contributed by atoms with Crippen molar-refractivity contribution in [3.8, 4) is 0 Å². The number of hydrogen-bond donors (Lipinski definition) is 1. The molecule has 22 heavy (non-hydrogen) atoms. The van der Waals surface area contributed by atoms with E-state index in [-0.39, 0.29) is 5.91 Å². The average Bonchev–Trinajstić information content (AvgIpc) is 2.58. The topological polar surface area (TPSA) is 32.3 Å². The maximum absolute atomic E-state index is 11.8. The maximum Gasteiger partial charge on any atom is 0.220 e. The zero-order chi connectivity index (χ0) is 15.6. The first-order valence-corrected chi connectivity index (χ1v) is 8.76. The summed E-state index contributed by atoms with van der Waals surface area (Å²) in [6, 6.07) is 11.0. The maximum atomic E-state index is 11.8. The number of carbonyl (C=O) groups is 1. The summed E-state index contributed by atoms with van der Waals surface area (Å²) in [5.74, 6) is 0.171. The standard InChI is InChI=1S/C19H30N2O/c1-21(18-11-6-3-7-12-18)16-8-15-20-19(22)14-13-17-9-4-2-5-10-17/h2,4-5,9-10,18H,3,6-8,11-16H2,1H3,(H,20,22). The van der Waals surface area contributed by atoms with E-state index >= 15 is 0 Å². The van der Waals surface area contributed by atoms with Crippen molar-refractivity contribution in [3.05, 3.63) is 35.9 Å². The molecule has 3 heteroatoms. The number of amides is 1. The van der Waals surface area contributed by atoms with Crippen molar-refractivity contribution >= 4 is 5.91 Å². The quantitative estimate of drug-likeness (QED) is 0.747. The molecule has 0 atom stereocenters. The van der Waals surface area contributed by atoms with E-state index in [9.17, 15) is 4.79 Å². The zero-order valence-corrected chi connectivity index (χ0v) is 13.9. The second-order valence-electron chi connectivity index (χ2n) is 6.46. The van der Waals surface area contributed by atoms with Gasteiger partial charge in [0.05, 0.1) is 0 Å². The van der Waals surface area contributed by atoms with Gasteiger partial charge < -0.3 is 10.2 Å². The van der Waals surface area contributed by atoms with Gasteiger partial charge >= 0.3 is 0 Å². The molecule has 1 aliphatic rings. The van der Waals surface area contributed by atoms with E-state index in [4.69, 9.17) is 0 Å². The largest absolute Gasteiger partial charge is 0.356 e. The highest BCUT2D eigenvalue weighted by Crippen LogP contribution is 2.21. The molecule has 0 spiro atoms. The van der Waals surface area contributed by atoms with E-state index in [1.165, 1.54) is 37.7 Å². The van der Waals surface area contributed by atoms with Crippen molar-refractivity contribution in [1.82, 2.24) is 10.2 Å². The highest BCUT2D eigenvalue weighted by Gasteiger charge is 2.17. The minimum atomic E-state index is 0.171. The van der Waals surface area contributed by atoms with E-state index in [1.807, 2.05) is 18.2 Å². The van der Waals surface area contributed by atoms with Gasteiger partial charge in [0.2, 0.25) is 5.91 Å². The molecule has 1 N–H and O–H groups in total.